The van der Waals surface area contributed by atoms with Crippen LogP contribution >= 0.6 is 0 Å². The molecule has 0 bridgehead atoms. The largest absolute Gasteiger partial charge is 0.383 e. The lowest BCUT2D eigenvalue weighted by Gasteiger charge is -2.05. The predicted molar refractivity (Wildman–Crippen MR) is 62.7 cm³/mol. The van der Waals surface area contributed by atoms with Crippen LogP contribution in [0.1, 0.15) is 31.7 Å². The van der Waals surface area contributed by atoms with E-state index in [2.05, 4.69) is 11.9 Å². The molecule has 84 valence electrons. The fourth-order valence-electron chi connectivity index (χ4n) is 1.38. The molecular weight excluding hydrogens is 188 g/mol. The van der Waals surface area contributed by atoms with E-state index in [9.17, 15) is 0 Å². The minimum Gasteiger partial charge on any atom is -0.383 e. The highest BCUT2D eigenvalue weighted by Crippen LogP contribution is 2.09. The summed E-state index contributed by atoms with van der Waals surface area (Å²) in [4.78, 5) is 4.04. The second-order valence-corrected chi connectivity index (χ2v) is 3.62. The lowest BCUT2D eigenvalue weighted by molar-refractivity contribution is 0.129. The third-order valence-electron chi connectivity index (χ3n) is 2.30. The molecule has 3 heteroatoms. The van der Waals surface area contributed by atoms with Gasteiger partial charge >= 0.3 is 0 Å². The molecule has 0 spiro atoms. The molecule has 1 heterocycles. The smallest absolute Gasteiger partial charge is 0.126 e. The molecule has 0 saturated heterocycles. The average Bonchev–Trinajstić information content (AvgIpc) is 2.25. The zero-order chi connectivity index (χ0) is 10.9. The maximum Gasteiger partial charge on any atom is 0.126 e. The molecule has 0 saturated carbocycles. The Morgan fingerprint density at radius 1 is 1.33 bits per heavy atom. The van der Waals surface area contributed by atoms with E-state index in [1.165, 1.54) is 6.42 Å². The van der Waals surface area contributed by atoms with Crippen LogP contribution in [-0.4, -0.2) is 18.2 Å². The SMILES string of the molecule is CCCCOCCCc1cccnc1N. The van der Waals surface area contributed by atoms with Gasteiger partial charge in [-0.05, 0) is 30.9 Å². The minimum atomic E-state index is 0.644. The molecule has 0 amide bonds. The topological polar surface area (TPSA) is 48.1 Å². The van der Waals surface area contributed by atoms with Crippen LogP contribution in [0.4, 0.5) is 5.82 Å². The van der Waals surface area contributed by atoms with Crippen molar-refractivity contribution in [2.45, 2.75) is 32.6 Å². The Balaban J connectivity index is 2.12. The number of nitrogen functional groups attached to an aromatic ring is 1. The van der Waals surface area contributed by atoms with Crippen LogP contribution in [-0.2, 0) is 11.2 Å². The Kier molecular flexibility index (Phi) is 5.78. The summed E-state index contributed by atoms with van der Waals surface area (Å²) in [5.74, 6) is 0.644. The average molecular weight is 208 g/mol. The summed E-state index contributed by atoms with van der Waals surface area (Å²) in [5.41, 5.74) is 6.85. The van der Waals surface area contributed by atoms with Crippen LogP contribution in [0.25, 0.3) is 0 Å². The van der Waals surface area contributed by atoms with Crippen LogP contribution in [0.2, 0.25) is 0 Å². The molecule has 0 radical (unpaired) electrons. The first kappa shape index (κ1) is 12.0. The van der Waals surface area contributed by atoms with Gasteiger partial charge in [0.05, 0.1) is 0 Å². The Morgan fingerprint density at radius 3 is 2.87 bits per heavy atom. The van der Waals surface area contributed by atoms with Crippen molar-refractivity contribution in [2.75, 3.05) is 18.9 Å². The first-order valence-electron chi connectivity index (χ1n) is 5.61. The highest BCUT2D eigenvalue weighted by atomic mass is 16.5. The molecule has 3 nitrogen and oxygen atoms in total. The third kappa shape index (κ3) is 4.79. The molecule has 0 aliphatic heterocycles. The molecule has 15 heavy (non-hydrogen) atoms. The molecule has 1 aromatic rings. The van der Waals surface area contributed by atoms with Gasteiger partial charge in [-0.25, -0.2) is 4.98 Å². The first-order valence-corrected chi connectivity index (χ1v) is 5.61. The van der Waals surface area contributed by atoms with Gasteiger partial charge in [0.2, 0.25) is 0 Å². The van der Waals surface area contributed by atoms with Crippen LogP contribution in [0.15, 0.2) is 18.3 Å². The summed E-state index contributed by atoms with van der Waals surface area (Å²) in [7, 11) is 0. The number of nitrogens with two attached hydrogens (primary N) is 1. The van der Waals surface area contributed by atoms with Gasteiger partial charge < -0.3 is 10.5 Å². The zero-order valence-corrected chi connectivity index (χ0v) is 9.41. The van der Waals surface area contributed by atoms with E-state index >= 15 is 0 Å². The van der Waals surface area contributed by atoms with E-state index in [4.69, 9.17) is 10.5 Å². The number of aromatic nitrogens is 1. The van der Waals surface area contributed by atoms with Gasteiger partial charge in [0.25, 0.3) is 0 Å². The van der Waals surface area contributed by atoms with Crippen molar-refractivity contribution in [3.8, 4) is 0 Å². The van der Waals surface area contributed by atoms with Crippen molar-refractivity contribution < 1.29 is 4.74 Å². The highest BCUT2D eigenvalue weighted by molar-refractivity contribution is 5.38. The van der Waals surface area contributed by atoms with E-state index in [1.807, 2.05) is 12.1 Å². The second-order valence-electron chi connectivity index (χ2n) is 3.62. The van der Waals surface area contributed by atoms with Crippen LogP contribution in [0.5, 0.6) is 0 Å². The van der Waals surface area contributed by atoms with Gasteiger partial charge in [-0.2, -0.15) is 0 Å². The maximum absolute atomic E-state index is 5.73. The molecule has 0 fully saturated rings. The number of hydrogen-bond acceptors (Lipinski definition) is 3. The molecule has 0 aromatic carbocycles. The van der Waals surface area contributed by atoms with Crippen molar-refractivity contribution in [2.24, 2.45) is 0 Å². The Bertz CT molecular complexity index is 276. The predicted octanol–water partition coefficient (Wildman–Crippen LogP) is 2.41. The molecule has 0 unspecified atom stereocenters. The van der Waals surface area contributed by atoms with E-state index < -0.39 is 0 Å². The van der Waals surface area contributed by atoms with Gasteiger partial charge in [0.15, 0.2) is 0 Å². The van der Waals surface area contributed by atoms with Gasteiger partial charge in [-0.15, -0.1) is 0 Å². The summed E-state index contributed by atoms with van der Waals surface area (Å²) in [5, 5.41) is 0. The quantitative estimate of drug-likeness (QED) is 0.700. The van der Waals surface area contributed by atoms with Gasteiger partial charge in [-0.3, -0.25) is 0 Å². The summed E-state index contributed by atoms with van der Waals surface area (Å²) in [6, 6.07) is 3.94. The van der Waals surface area contributed by atoms with Gasteiger partial charge in [0, 0.05) is 19.4 Å². The van der Waals surface area contributed by atoms with E-state index in [0.29, 0.717) is 5.82 Å². The fraction of sp³-hybridized carbons (Fsp3) is 0.583. The normalized spacial score (nSPS) is 10.5. The maximum atomic E-state index is 5.73. The standard InChI is InChI=1S/C12H20N2O/c1-2-3-9-15-10-5-7-11-6-4-8-14-12(11)13/h4,6,8H,2-3,5,7,9-10H2,1H3,(H2,13,14). The first-order chi connectivity index (χ1) is 7.34. The van der Waals surface area contributed by atoms with E-state index in [-0.39, 0.29) is 0 Å². The second kappa shape index (κ2) is 7.23. The number of pyridine rings is 1. The monoisotopic (exact) mass is 208 g/mol. The number of aryl methyl sites for hydroxylation is 1. The molecule has 0 aliphatic rings. The van der Waals surface area contributed by atoms with Crippen molar-refractivity contribution >= 4 is 5.82 Å². The number of anilines is 1. The summed E-state index contributed by atoms with van der Waals surface area (Å²) in [6.07, 6.45) is 6.02. The molecule has 0 aliphatic carbocycles. The number of ether oxygens (including phenoxy) is 1. The summed E-state index contributed by atoms with van der Waals surface area (Å²) >= 11 is 0. The minimum absolute atomic E-state index is 0.644. The van der Waals surface area contributed by atoms with E-state index in [0.717, 1.165) is 38.0 Å². The summed E-state index contributed by atoms with van der Waals surface area (Å²) < 4.78 is 5.47. The lowest BCUT2D eigenvalue weighted by atomic mass is 10.1. The highest BCUT2D eigenvalue weighted by Gasteiger charge is 1.98. The number of hydrogen-bond donors (Lipinski definition) is 1. The molecule has 1 aromatic heterocycles. The Hall–Kier alpha value is -1.09. The number of rotatable bonds is 7. The van der Waals surface area contributed by atoms with Crippen LogP contribution in [0.3, 0.4) is 0 Å². The number of unbranched alkanes of at least 4 members (excludes halogenated alkanes) is 1. The van der Waals surface area contributed by atoms with Crippen LogP contribution < -0.4 is 5.73 Å². The van der Waals surface area contributed by atoms with Crippen molar-refractivity contribution in [1.29, 1.82) is 0 Å². The lowest BCUT2D eigenvalue weighted by Crippen LogP contribution is -2.01. The van der Waals surface area contributed by atoms with Gasteiger partial charge in [-0.1, -0.05) is 19.4 Å². The van der Waals surface area contributed by atoms with Crippen molar-refractivity contribution in [3.05, 3.63) is 23.9 Å². The molecule has 1 rings (SSSR count). The summed E-state index contributed by atoms with van der Waals surface area (Å²) in [6.45, 7) is 3.85. The van der Waals surface area contributed by atoms with Gasteiger partial charge in [0.1, 0.15) is 5.82 Å². The van der Waals surface area contributed by atoms with Crippen molar-refractivity contribution in [1.82, 2.24) is 4.98 Å². The Labute approximate surface area is 91.7 Å². The molecule has 2 N–H and O–H groups in total. The third-order valence-corrected chi connectivity index (χ3v) is 2.30. The number of nitrogens with zero attached hydrogens (tertiary/aromatic N) is 1. The Morgan fingerprint density at radius 2 is 2.13 bits per heavy atom. The molecule has 0 atom stereocenters. The zero-order valence-electron chi connectivity index (χ0n) is 9.41. The fourth-order valence-corrected chi connectivity index (χ4v) is 1.38. The van der Waals surface area contributed by atoms with Crippen molar-refractivity contribution in [3.63, 3.8) is 0 Å². The van der Waals surface area contributed by atoms with E-state index in [1.54, 1.807) is 6.20 Å². The molecular formula is C12H20N2O. The van der Waals surface area contributed by atoms with Crippen LogP contribution in [0, 0.1) is 0 Å².